The second-order valence-corrected chi connectivity index (χ2v) is 8.25. The van der Waals surface area contributed by atoms with Crippen molar-refractivity contribution in [3.05, 3.63) is 99.2 Å². The number of phenols is 1. The number of halogens is 1. The second-order valence-electron chi connectivity index (χ2n) is 8.25. The summed E-state index contributed by atoms with van der Waals surface area (Å²) in [7, 11) is 3.10. The maximum absolute atomic E-state index is 13.9. The average molecular weight is 475 g/mol. The summed E-state index contributed by atoms with van der Waals surface area (Å²) in [4.78, 5) is 28.5. The Hall–Kier alpha value is -4.33. The molecule has 0 saturated heterocycles. The molecule has 3 aromatic carbocycles. The quantitative estimate of drug-likeness (QED) is 0.444. The van der Waals surface area contributed by atoms with E-state index >= 15 is 0 Å². The van der Waals surface area contributed by atoms with Crippen molar-refractivity contribution in [2.75, 3.05) is 20.8 Å². The number of nitrogens with zero attached hydrogens (tertiary/aromatic N) is 1. The molecule has 8 heteroatoms. The molecular formula is C27H22FNO6. The Morgan fingerprint density at radius 1 is 0.971 bits per heavy atom. The molecule has 35 heavy (non-hydrogen) atoms. The van der Waals surface area contributed by atoms with Gasteiger partial charge in [-0.05, 0) is 60.0 Å². The Kier molecular flexibility index (Phi) is 5.64. The van der Waals surface area contributed by atoms with Gasteiger partial charge >= 0.3 is 0 Å². The van der Waals surface area contributed by atoms with E-state index in [1.165, 1.54) is 24.3 Å². The maximum atomic E-state index is 13.9. The van der Waals surface area contributed by atoms with Crippen LogP contribution < -0.4 is 14.9 Å². The first-order chi connectivity index (χ1) is 16.9. The Labute approximate surface area is 199 Å². The summed E-state index contributed by atoms with van der Waals surface area (Å²) in [6.45, 7) is 0.272. The summed E-state index contributed by atoms with van der Waals surface area (Å²) < 4.78 is 30.4. The molecule has 0 aliphatic carbocycles. The molecule has 1 atom stereocenters. The fourth-order valence-corrected chi connectivity index (χ4v) is 4.51. The molecule has 0 saturated carbocycles. The first-order valence-electron chi connectivity index (χ1n) is 11.0. The van der Waals surface area contributed by atoms with E-state index in [0.29, 0.717) is 23.5 Å². The van der Waals surface area contributed by atoms with E-state index in [9.17, 15) is 19.1 Å². The normalized spacial score (nSPS) is 14.9. The van der Waals surface area contributed by atoms with Gasteiger partial charge in [0.1, 0.15) is 17.1 Å². The summed E-state index contributed by atoms with van der Waals surface area (Å²) in [6, 6.07) is 14.7. The van der Waals surface area contributed by atoms with Crippen molar-refractivity contribution in [3.8, 4) is 17.2 Å². The number of rotatable bonds is 6. The number of carbonyl (C=O) groups excluding carboxylic acids is 1. The van der Waals surface area contributed by atoms with Crippen LogP contribution in [0.15, 0.2) is 69.9 Å². The molecule has 0 radical (unpaired) electrons. The summed E-state index contributed by atoms with van der Waals surface area (Å²) in [5.41, 5.74) is 1.38. The summed E-state index contributed by atoms with van der Waals surface area (Å²) in [5.74, 6) is 0.169. The van der Waals surface area contributed by atoms with Crippen LogP contribution in [0, 0.1) is 5.82 Å². The lowest BCUT2D eigenvalue weighted by atomic mass is 9.98. The number of benzene rings is 3. The van der Waals surface area contributed by atoms with Gasteiger partial charge in [0.15, 0.2) is 16.9 Å². The van der Waals surface area contributed by atoms with Gasteiger partial charge in [-0.25, -0.2) is 4.39 Å². The number of fused-ring (bicyclic) bond motifs is 2. The number of hydrogen-bond acceptors (Lipinski definition) is 6. The van der Waals surface area contributed by atoms with Crippen molar-refractivity contribution >= 4 is 16.9 Å². The molecule has 178 valence electrons. The molecule has 1 aliphatic heterocycles. The minimum absolute atomic E-state index is 0.0560. The fourth-order valence-electron chi connectivity index (χ4n) is 4.51. The lowest BCUT2D eigenvalue weighted by Crippen LogP contribution is -2.31. The van der Waals surface area contributed by atoms with Crippen molar-refractivity contribution in [1.82, 2.24) is 4.90 Å². The summed E-state index contributed by atoms with van der Waals surface area (Å²) >= 11 is 0. The highest BCUT2D eigenvalue weighted by molar-refractivity contribution is 5.99. The van der Waals surface area contributed by atoms with Crippen LogP contribution in [0.25, 0.3) is 11.0 Å². The average Bonchev–Trinajstić information content (AvgIpc) is 3.15. The number of methoxy groups -OCH3 is 2. The van der Waals surface area contributed by atoms with Crippen LogP contribution in [-0.4, -0.2) is 36.7 Å². The molecular weight excluding hydrogens is 453 g/mol. The van der Waals surface area contributed by atoms with Crippen LogP contribution in [0.3, 0.4) is 0 Å². The van der Waals surface area contributed by atoms with Crippen molar-refractivity contribution in [2.45, 2.75) is 12.5 Å². The van der Waals surface area contributed by atoms with Gasteiger partial charge in [0.2, 0.25) is 5.76 Å². The van der Waals surface area contributed by atoms with Crippen LogP contribution >= 0.6 is 0 Å². The van der Waals surface area contributed by atoms with Crippen molar-refractivity contribution < 1.29 is 28.2 Å². The van der Waals surface area contributed by atoms with E-state index in [0.717, 1.165) is 11.6 Å². The lowest BCUT2D eigenvalue weighted by Gasteiger charge is -2.25. The van der Waals surface area contributed by atoms with Crippen molar-refractivity contribution in [1.29, 1.82) is 0 Å². The van der Waals surface area contributed by atoms with Gasteiger partial charge in [0.05, 0.1) is 31.2 Å². The van der Waals surface area contributed by atoms with Crippen molar-refractivity contribution in [2.24, 2.45) is 0 Å². The highest BCUT2D eigenvalue weighted by Crippen LogP contribution is 2.39. The molecule has 1 amide bonds. The SMILES string of the molecule is COc1ccc(CCN2C(=O)c3oc4ccc(F)cc4c(=O)c3C2c2ccc(O)cc2)cc1OC. The third kappa shape index (κ3) is 3.86. The third-order valence-corrected chi connectivity index (χ3v) is 6.23. The third-order valence-electron chi connectivity index (χ3n) is 6.23. The standard InChI is InChI=1S/C27H22FNO6/c1-33-21-9-3-15(13-22(21)34-2)11-12-29-24(16-4-7-18(30)8-5-16)23-25(31)19-14-17(28)6-10-20(19)35-26(23)27(29)32/h3-10,13-14,24,30H,11-12H2,1-2H3. The molecule has 0 bridgehead atoms. The highest BCUT2D eigenvalue weighted by Gasteiger charge is 2.42. The van der Waals surface area contributed by atoms with E-state index in [1.807, 2.05) is 12.1 Å². The zero-order valence-electron chi connectivity index (χ0n) is 19.1. The highest BCUT2D eigenvalue weighted by atomic mass is 19.1. The smallest absolute Gasteiger partial charge is 0.290 e. The van der Waals surface area contributed by atoms with Crippen LogP contribution in [0.4, 0.5) is 4.39 Å². The van der Waals surface area contributed by atoms with E-state index in [-0.39, 0.29) is 34.6 Å². The van der Waals surface area contributed by atoms with Crippen LogP contribution in [0.1, 0.15) is 33.3 Å². The molecule has 1 aliphatic rings. The van der Waals surface area contributed by atoms with Gasteiger partial charge in [-0.15, -0.1) is 0 Å². The Balaban J connectivity index is 1.58. The molecule has 2 heterocycles. The van der Waals surface area contributed by atoms with Gasteiger partial charge in [-0.2, -0.15) is 0 Å². The molecule has 7 nitrogen and oxygen atoms in total. The number of amides is 1. The van der Waals surface area contributed by atoms with Crippen LogP contribution in [0.2, 0.25) is 0 Å². The zero-order chi connectivity index (χ0) is 24.7. The number of aromatic hydroxyl groups is 1. The van der Waals surface area contributed by atoms with Gasteiger partial charge in [0.25, 0.3) is 5.91 Å². The number of carbonyl (C=O) groups is 1. The number of hydrogen-bond donors (Lipinski definition) is 1. The Morgan fingerprint density at radius 2 is 1.71 bits per heavy atom. The lowest BCUT2D eigenvalue weighted by molar-refractivity contribution is 0.0730. The first kappa shape index (κ1) is 22.5. The topological polar surface area (TPSA) is 89.2 Å². The monoisotopic (exact) mass is 475 g/mol. The number of phenolic OH excluding ortho intramolecular Hbond substituents is 1. The number of ether oxygens (including phenoxy) is 2. The second kappa shape index (κ2) is 8.79. The largest absolute Gasteiger partial charge is 0.508 e. The Morgan fingerprint density at radius 3 is 2.43 bits per heavy atom. The summed E-state index contributed by atoms with van der Waals surface area (Å²) in [6.07, 6.45) is 0.469. The fraction of sp³-hybridized carbons (Fsp3) is 0.185. The molecule has 0 fully saturated rings. The molecule has 1 unspecified atom stereocenters. The van der Waals surface area contributed by atoms with E-state index in [2.05, 4.69) is 0 Å². The molecule has 5 rings (SSSR count). The molecule has 4 aromatic rings. The predicted octanol–water partition coefficient (Wildman–Crippen LogP) is 4.44. The first-order valence-corrected chi connectivity index (χ1v) is 11.0. The van der Waals surface area contributed by atoms with E-state index in [1.54, 1.807) is 37.3 Å². The Bertz CT molecular complexity index is 1490. The van der Waals surface area contributed by atoms with Gasteiger partial charge in [-0.3, -0.25) is 9.59 Å². The van der Waals surface area contributed by atoms with Gasteiger partial charge < -0.3 is 23.9 Å². The van der Waals surface area contributed by atoms with E-state index in [4.69, 9.17) is 13.9 Å². The van der Waals surface area contributed by atoms with Crippen LogP contribution in [0.5, 0.6) is 17.2 Å². The van der Waals surface area contributed by atoms with Gasteiger partial charge in [-0.1, -0.05) is 18.2 Å². The minimum atomic E-state index is -0.748. The van der Waals surface area contributed by atoms with Crippen molar-refractivity contribution in [3.63, 3.8) is 0 Å². The molecule has 1 N–H and O–H groups in total. The predicted molar refractivity (Wildman–Crippen MR) is 127 cm³/mol. The van der Waals surface area contributed by atoms with Crippen LogP contribution in [-0.2, 0) is 6.42 Å². The molecule has 0 spiro atoms. The van der Waals surface area contributed by atoms with Gasteiger partial charge in [0, 0.05) is 6.54 Å². The minimum Gasteiger partial charge on any atom is -0.508 e. The maximum Gasteiger partial charge on any atom is 0.290 e. The molecule has 1 aromatic heterocycles. The van der Waals surface area contributed by atoms with E-state index < -0.39 is 23.2 Å². The summed E-state index contributed by atoms with van der Waals surface area (Å²) in [5, 5.41) is 9.83. The zero-order valence-corrected chi connectivity index (χ0v) is 19.1.